The number of aromatic nitrogens is 2. The van der Waals surface area contributed by atoms with Crippen LogP contribution in [0.1, 0.15) is 41.4 Å². The van der Waals surface area contributed by atoms with Gasteiger partial charge in [0.15, 0.2) is 0 Å². The van der Waals surface area contributed by atoms with E-state index in [4.69, 9.17) is 27.1 Å². The number of nitrogens with one attached hydrogen (secondary N) is 1. The third-order valence-corrected chi connectivity index (χ3v) is 5.96. The van der Waals surface area contributed by atoms with Gasteiger partial charge in [0, 0.05) is 22.0 Å². The number of hydrogen-bond acceptors (Lipinski definition) is 4. The summed E-state index contributed by atoms with van der Waals surface area (Å²) in [5.41, 5.74) is 11.0. The number of aromatic amines is 1. The highest BCUT2D eigenvalue weighted by Crippen LogP contribution is 2.40. The van der Waals surface area contributed by atoms with Crippen molar-refractivity contribution in [3.05, 3.63) is 58.2 Å². The van der Waals surface area contributed by atoms with Crippen molar-refractivity contribution in [2.75, 3.05) is 13.2 Å². The summed E-state index contributed by atoms with van der Waals surface area (Å²) in [4.78, 5) is 20.2. The number of nitrogens with two attached hydrogens (primary N) is 1. The van der Waals surface area contributed by atoms with Crippen LogP contribution in [0.15, 0.2) is 36.4 Å². The summed E-state index contributed by atoms with van der Waals surface area (Å²) in [6.07, 6.45) is 2.37. The van der Waals surface area contributed by atoms with Gasteiger partial charge in [-0.1, -0.05) is 17.7 Å². The van der Waals surface area contributed by atoms with E-state index in [2.05, 4.69) is 4.98 Å². The Kier molecular flexibility index (Phi) is 6.35. The molecule has 0 aliphatic heterocycles. The summed E-state index contributed by atoms with van der Waals surface area (Å²) < 4.78 is 5.82. The van der Waals surface area contributed by atoms with Gasteiger partial charge in [-0.25, -0.2) is 9.78 Å². The number of benzene rings is 2. The normalized spacial score (nSPS) is 11.4. The molecule has 2 aromatic heterocycles. The van der Waals surface area contributed by atoms with Crippen LogP contribution >= 0.6 is 11.6 Å². The molecule has 7 heteroatoms. The lowest BCUT2D eigenvalue weighted by Gasteiger charge is -2.13. The number of fused-ring (bicyclic) bond motifs is 2. The van der Waals surface area contributed by atoms with Crippen molar-refractivity contribution in [2.24, 2.45) is 5.73 Å². The first-order valence-corrected chi connectivity index (χ1v) is 11.1. The Bertz CT molecular complexity index is 1310. The van der Waals surface area contributed by atoms with Crippen molar-refractivity contribution in [2.45, 2.75) is 33.1 Å². The van der Waals surface area contributed by atoms with Crippen molar-refractivity contribution >= 4 is 39.4 Å². The number of unbranched alkanes of at least 4 members (excludes halogenated alkanes) is 1. The lowest BCUT2D eigenvalue weighted by molar-refractivity contribution is 0.0699. The molecule has 0 radical (unpaired) electrons. The molecule has 0 saturated carbocycles. The monoisotopic (exact) mass is 451 g/mol. The first kappa shape index (κ1) is 22.1. The summed E-state index contributed by atoms with van der Waals surface area (Å²) in [5.74, 6) is -0.258. The zero-order valence-corrected chi connectivity index (χ0v) is 18.9. The van der Waals surface area contributed by atoms with Crippen LogP contribution in [0.3, 0.4) is 0 Å². The minimum absolute atomic E-state index is 0.235. The average molecular weight is 452 g/mol. The molecule has 0 fully saturated rings. The predicted molar refractivity (Wildman–Crippen MR) is 129 cm³/mol. The first-order chi connectivity index (χ1) is 15.5. The minimum Gasteiger partial charge on any atom is -0.492 e. The number of carbonyl (C=O) groups is 1. The van der Waals surface area contributed by atoms with E-state index in [1.807, 2.05) is 38.1 Å². The molecule has 0 unspecified atom stereocenters. The van der Waals surface area contributed by atoms with Gasteiger partial charge in [-0.05, 0) is 75.5 Å². The lowest BCUT2D eigenvalue weighted by atomic mass is 9.95. The van der Waals surface area contributed by atoms with Crippen LogP contribution in [-0.4, -0.2) is 34.2 Å². The fourth-order valence-corrected chi connectivity index (χ4v) is 4.43. The van der Waals surface area contributed by atoms with Crippen LogP contribution in [0.25, 0.3) is 33.1 Å². The molecule has 0 atom stereocenters. The number of aryl methyl sites for hydroxylation is 2. The Morgan fingerprint density at radius 1 is 1.19 bits per heavy atom. The van der Waals surface area contributed by atoms with Gasteiger partial charge >= 0.3 is 5.97 Å². The van der Waals surface area contributed by atoms with Gasteiger partial charge in [0.25, 0.3) is 0 Å². The van der Waals surface area contributed by atoms with Crippen molar-refractivity contribution in [1.29, 1.82) is 0 Å². The predicted octanol–water partition coefficient (Wildman–Crippen LogP) is 5.72. The maximum Gasteiger partial charge on any atom is 0.336 e. The Labute approximate surface area is 191 Å². The molecular weight excluding hydrogens is 426 g/mol. The Balaban J connectivity index is 2.04. The third kappa shape index (κ3) is 3.92. The number of ether oxygens (including phenoxy) is 1. The van der Waals surface area contributed by atoms with E-state index >= 15 is 0 Å². The zero-order chi connectivity index (χ0) is 22.8. The van der Waals surface area contributed by atoms with Crippen LogP contribution in [-0.2, 0) is 6.42 Å². The smallest absolute Gasteiger partial charge is 0.336 e. The topological polar surface area (TPSA) is 101 Å². The van der Waals surface area contributed by atoms with Crippen molar-refractivity contribution in [3.8, 4) is 17.0 Å². The maximum atomic E-state index is 12.0. The van der Waals surface area contributed by atoms with Crippen molar-refractivity contribution in [1.82, 2.24) is 9.97 Å². The molecule has 2 aromatic carbocycles. The number of halogens is 1. The second kappa shape index (κ2) is 9.18. The number of nitrogens with zero attached hydrogens (tertiary/aromatic N) is 1. The van der Waals surface area contributed by atoms with E-state index in [0.717, 1.165) is 52.0 Å². The number of rotatable bonds is 8. The first-order valence-electron chi connectivity index (χ1n) is 10.8. The second-order valence-electron chi connectivity index (χ2n) is 7.77. The van der Waals surface area contributed by atoms with Gasteiger partial charge in [0.05, 0.1) is 28.4 Å². The van der Waals surface area contributed by atoms with Gasteiger partial charge in [0.1, 0.15) is 11.3 Å². The van der Waals surface area contributed by atoms with Crippen LogP contribution < -0.4 is 10.5 Å². The van der Waals surface area contributed by atoms with Gasteiger partial charge in [-0.15, -0.1) is 0 Å². The summed E-state index contributed by atoms with van der Waals surface area (Å²) in [5, 5.41) is 11.9. The molecule has 0 bridgehead atoms. The molecule has 0 amide bonds. The molecule has 0 saturated heterocycles. The number of hydrogen-bond donors (Lipinski definition) is 3. The highest BCUT2D eigenvalue weighted by Gasteiger charge is 2.22. The fourth-order valence-electron chi connectivity index (χ4n) is 4.22. The second-order valence-corrected chi connectivity index (χ2v) is 8.17. The highest BCUT2D eigenvalue weighted by atomic mass is 35.5. The number of carboxylic acid groups (broad SMARTS) is 1. The van der Waals surface area contributed by atoms with Crippen molar-refractivity contribution < 1.29 is 14.6 Å². The molecule has 4 aromatic rings. The quantitative estimate of drug-likeness (QED) is 0.297. The molecule has 2 heterocycles. The van der Waals surface area contributed by atoms with Gasteiger partial charge in [-0.3, -0.25) is 0 Å². The Morgan fingerprint density at radius 2 is 2.00 bits per heavy atom. The standard InChI is InChI=1S/C25H26ClN3O3/c1-3-32-20-12-10-15(16-8-7-14(2)28-23(16)20)22-17(6-4-5-13-27)21-18(25(30)31)9-11-19(26)24(21)29-22/h7-12,29H,3-6,13,27H2,1-2H3,(H,30,31). The highest BCUT2D eigenvalue weighted by molar-refractivity contribution is 6.36. The lowest BCUT2D eigenvalue weighted by Crippen LogP contribution is -2.01. The summed E-state index contributed by atoms with van der Waals surface area (Å²) >= 11 is 6.50. The van der Waals surface area contributed by atoms with Gasteiger partial charge in [-0.2, -0.15) is 0 Å². The van der Waals surface area contributed by atoms with E-state index in [9.17, 15) is 9.90 Å². The molecule has 0 aliphatic carbocycles. The molecule has 6 nitrogen and oxygen atoms in total. The fraction of sp³-hybridized carbons (Fsp3) is 0.280. The van der Waals surface area contributed by atoms with E-state index in [-0.39, 0.29) is 5.56 Å². The van der Waals surface area contributed by atoms with Crippen LogP contribution in [0, 0.1) is 6.92 Å². The number of pyridine rings is 1. The molecule has 32 heavy (non-hydrogen) atoms. The van der Waals surface area contributed by atoms with Crippen LogP contribution in [0.5, 0.6) is 5.75 Å². The number of H-pyrrole nitrogens is 1. The molecule has 4 rings (SSSR count). The maximum absolute atomic E-state index is 12.0. The van der Waals surface area contributed by atoms with Gasteiger partial charge < -0.3 is 20.6 Å². The van der Waals surface area contributed by atoms with E-state index in [1.54, 1.807) is 12.1 Å². The molecule has 4 N–H and O–H groups in total. The summed E-state index contributed by atoms with van der Waals surface area (Å²) in [7, 11) is 0. The summed E-state index contributed by atoms with van der Waals surface area (Å²) in [6.45, 7) is 5.01. The molecule has 0 spiro atoms. The SMILES string of the molecule is CCOc1ccc(-c2[nH]c3c(Cl)ccc(C(=O)O)c3c2CCCCN)c2ccc(C)nc12. The molecule has 0 aliphatic rings. The van der Waals surface area contributed by atoms with E-state index in [1.165, 1.54) is 0 Å². The molecule has 166 valence electrons. The number of aromatic carboxylic acids is 1. The van der Waals surface area contributed by atoms with E-state index < -0.39 is 5.97 Å². The van der Waals surface area contributed by atoms with Crippen LogP contribution in [0.2, 0.25) is 5.02 Å². The average Bonchev–Trinajstić information content (AvgIpc) is 3.14. The van der Waals surface area contributed by atoms with E-state index in [0.29, 0.717) is 35.5 Å². The minimum atomic E-state index is -0.980. The number of carboxylic acids is 1. The molecular formula is C25H26ClN3O3. The Morgan fingerprint density at radius 3 is 2.72 bits per heavy atom. The van der Waals surface area contributed by atoms with Crippen molar-refractivity contribution in [3.63, 3.8) is 0 Å². The largest absolute Gasteiger partial charge is 0.492 e. The Hall–Kier alpha value is -3.09. The zero-order valence-electron chi connectivity index (χ0n) is 18.2. The third-order valence-electron chi connectivity index (χ3n) is 5.65. The summed E-state index contributed by atoms with van der Waals surface area (Å²) in [6, 6.07) is 11.1. The van der Waals surface area contributed by atoms with Gasteiger partial charge in [0.2, 0.25) is 0 Å². The van der Waals surface area contributed by atoms with Crippen LogP contribution in [0.4, 0.5) is 0 Å².